The van der Waals surface area contributed by atoms with Crippen LogP contribution < -0.4 is 16.3 Å². The van der Waals surface area contributed by atoms with E-state index in [1.54, 1.807) is 24.3 Å². The summed E-state index contributed by atoms with van der Waals surface area (Å²) in [5.41, 5.74) is 0.106. The minimum absolute atomic E-state index is 0.128. The molecule has 0 radical (unpaired) electrons. The van der Waals surface area contributed by atoms with Gasteiger partial charge in [0.05, 0.1) is 18.3 Å². The number of hydrogen-bond donors (Lipinski definition) is 3. The van der Waals surface area contributed by atoms with Gasteiger partial charge in [0.15, 0.2) is 5.76 Å². The van der Waals surface area contributed by atoms with Gasteiger partial charge in [-0.2, -0.15) is 0 Å². The molecule has 1 aromatic heterocycles. The maximum absolute atomic E-state index is 12.2. The molecular weight excluding hydrogens is 364 g/mol. The molecule has 1 fully saturated rings. The Morgan fingerprint density at radius 3 is 2.57 bits per heavy atom. The third-order valence-corrected chi connectivity index (χ3v) is 4.40. The lowest BCUT2D eigenvalue weighted by Crippen LogP contribution is -2.17. The zero-order valence-electron chi connectivity index (χ0n) is 15.4. The van der Waals surface area contributed by atoms with E-state index in [-0.39, 0.29) is 29.6 Å². The molecule has 1 aliphatic rings. The van der Waals surface area contributed by atoms with E-state index in [9.17, 15) is 19.5 Å². The zero-order chi connectivity index (χ0) is 20.1. The fourth-order valence-corrected chi connectivity index (χ4v) is 3.06. The number of rotatable bonds is 6. The van der Waals surface area contributed by atoms with Crippen molar-refractivity contribution in [3.8, 4) is 5.75 Å². The van der Waals surface area contributed by atoms with Crippen molar-refractivity contribution in [3.63, 3.8) is 0 Å². The average molecular weight is 386 g/mol. The molecule has 8 heteroatoms. The molecule has 2 aromatic rings. The van der Waals surface area contributed by atoms with Crippen molar-refractivity contribution in [2.24, 2.45) is 0 Å². The Morgan fingerprint density at radius 1 is 1.14 bits per heavy atom. The topological polar surface area (TPSA) is 118 Å². The van der Waals surface area contributed by atoms with Crippen LogP contribution in [0.3, 0.4) is 0 Å². The summed E-state index contributed by atoms with van der Waals surface area (Å²) in [6, 6.07) is 8.51. The van der Waals surface area contributed by atoms with Crippen molar-refractivity contribution >= 4 is 23.2 Å². The zero-order valence-corrected chi connectivity index (χ0v) is 15.4. The van der Waals surface area contributed by atoms with Crippen molar-refractivity contribution in [3.05, 3.63) is 52.6 Å². The van der Waals surface area contributed by atoms with Crippen LogP contribution in [0.5, 0.6) is 5.75 Å². The number of anilines is 2. The summed E-state index contributed by atoms with van der Waals surface area (Å²) in [5.74, 6) is -1.50. The highest BCUT2D eigenvalue weighted by Gasteiger charge is 2.22. The lowest BCUT2D eigenvalue weighted by Gasteiger charge is -2.11. The molecule has 2 unspecified atom stereocenters. The summed E-state index contributed by atoms with van der Waals surface area (Å²) in [4.78, 5) is 35.6. The Bertz CT molecular complexity index is 923. The predicted molar refractivity (Wildman–Crippen MR) is 102 cm³/mol. The number of carbonyl (C=O) groups excluding carboxylic acids is 2. The largest absolute Gasteiger partial charge is 0.508 e. The standard InChI is InChI=1S/C20H22N2O6/c1-12-5-6-16(27-12)7-8-18(24)21-13-3-2-4-14(9-13)22-20(26)17-10-15(23)11-19(25)28-17/h2-4,9-12,16,23H,5-8H2,1H3,(H,21,24)(H,22,26). The quantitative estimate of drug-likeness (QED) is 0.703. The first-order valence-electron chi connectivity index (χ1n) is 9.10. The van der Waals surface area contributed by atoms with Crippen LogP contribution in [0.25, 0.3) is 0 Å². The van der Waals surface area contributed by atoms with E-state index < -0.39 is 11.5 Å². The summed E-state index contributed by atoms with van der Waals surface area (Å²) in [6.45, 7) is 2.03. The van der Waals surface area contributed by atoms with Crippen LogP contribution in [0, 0.1) is 0 Å². The van der Waals surface area contributed by atoms with Crippen LogP contribution in [-0.2, 0) is 9.53 Å². The van der Waals surface area contributed by atoms with E-state index in [1.165, 1.54) is 0 Å². The first-order valence-corrected chi connectivity index (χ1v) is 9.10. The number of hydrogen-bond acceptors (Lipinski definition) is 6. The van der Waals surface area contributed by atoms with E-state index in [0.717, 1.165) is 25.0 Å². The summed E-state index contributed by atoms with van der Waals surface area (Å²) in [6.07, 6.45) is 3.40. The number of ether oxygens (including phenoxy) is 1. The molecule has 0 aliphatic carbocycles. The summed E-state index contributed by atoms with van der Waals surface area (Å²) < 4.78 is 10.5. The highest BCUT2D eigenvalue weighted by molar-refractivity contribution is 6.02. The molecule has 0 bridgehead atoms. The maximum Gasteiger partial charge on any atom is 0.340 e. The first-order chi connectivity index (χ1) is 13.4. The third kappa shape index (κ3) is 5.43. The number of amides is 2. The van der Waals surface area contributed by atoms with Gasteiger partial charge in [0, 0.05) is 23.9 Å². The second kappa shape index (κ2) is 8.71. The molecular formula is C20H22N2O6. The van der Waals surface area contributed by atoms with Gasteiger partial charge in [-0.1, -0.05) is 6.07 Å². The normalized spacial score (nSPS) is 18.6. The number of nitrogens with one attached hydrogen (secondary N) is 2. The lowest BCUT2D eigenvalue weighted by atomic mass is 10.1. The van der Waals surface area contributed by atoms with E-state index in [4.69, 9.17) is 9.15 Å². The maximum atomic E-state index is 12.2. The molecule has 1 saturated heterocycles. The predicted octanol–water partition coefficient (Wildman–Crippen LogP) is 2.88. The molecule has 3 N–H and O–H groups in total. The fraction of sp³-hybridized carbons (Fsp3) is 0.350. The van der Waals surface area contributed by atoms with Crippen molar-refractivity contribution in [1.82, 2.24) is 0 Å². The Labute approximate surface area is 161 Å². The van der Waals surface area contributed by atoms with Gasteiger partial charge < -0.3 is 24.9 Å². The van der Waals surface area contributed by atoms with Gasteiger partial charge in [-0.25, -0.2) is 4.79 Å². The van der Waals surface area contributed by atoms with Crippen LogP contribution >= 0.6 is 0 Å². The van der Waals surface area contributed by atoms with Crippen molar-refractivity contribution in [2.45, 2.75) is 44.8 Å². The molecule has 28 heavy (non-hydrogen) atoms. The molecule has 148 valence electrons. The van der Waals surface area contributed by atoms with Crippen LogP contribution in [0.2, 0.25) is 0 Å². The number of carbonyl (C=O) groups is 2. The van der Waals surface area contributed by atoms with Crippen LogP contribution in [0.4, 0.5) is 11.4 Å². The molecule has 2 atom stereocenters. The second-order valence-electron chi connectivity index (χ2n) is 6.77. The van der Waals surface area contributed by atoms with Crippen LogP contribution in [0.15, 0.2) is 45.6 Å². The Balaban J connectivity index is 1.56. The van der Waals surface area contributed by atoms with Gasteiger partial charge in [-0.3, -0.25) is 9.59 Å². The smallest absolute Gasteiger partial charge is 0.340 e. The van der Waals surface area contributed by atoms with Crippen molar-refractivity contribution < 1.29 is 23.8 Å². The monoisotopic (exact) mass is 386 g/mol. The Morgan fingerprint density at radius 2 is 1.89 bits per heavy atom. The van der Waals surface area contributed by atoms with Gasteiger partial charge >= 0.3 is 5.63 Å². The van der Waals surface area contributed by atoms with Crippen LogP contribution in [-0.4, -0.2) is 29.1 Å². The highest BCUT2D eigenvalue weighted by atomic mass is 16.5. The Hall–Kier alpha value is -3.13. The van der Waals surface area contributed by atoms with Crippen LogP contribution in [0.1, 0.15) is 43.2 Å². The molecule has 8 nitrogen and oxygen atoms in total. The van der Waals surface area contributed by atoms with Gasteiger partial charge in [-0.05, 0) is 44.4 Å². The first kappa shape index (κ1) is 19.6. The van der Waals surface area contributed by atoms with Crippen molar-refractivity contribution in [1.29, 1.82) is 0 Å². The summed E-state index contributed by atoms with van der Waals surface area (Å²) >= 11 is 0. The minimum atomic E-state index is -0.827. The summed E-state index contributed by atoms with van der Waals surface area (Å²) in [5, 5.41) is 14.7. The second-order valence-corrected chi connectivity index (χ2v) is 6.77. The van der Waals surface area contributed by atoms with E-state index in [2.05, 4.69) is 10.6 Å². The molecule has 2 heterocycles. The highest BCUT2D eigenvalue weighted by Crippen LogP contribution is 2.23. The fourth-order valence-electron chi connectivity index (χ4n) is 3.06. The van der Waals surface area contributed by atoms with E-state index in [0.29, 0.717) is 24.2 Å². The SMILES string of the molecule is CC1CCC(CCC(=O)Nc2cccc(NC(=O)c3cc(O)cc(=O)o3)c2)O1. The van der Waals surface area contributed by atoms with E-state index in [1.807, 2.05) is 6.92 Å². The molecule has 2 amide bonds. The molecule has 0 spiro atoms. The summed E-state index contributed by atoms with van der Waals surface area (Å²) in [7, 11) is 0. The number of benzene rings is 1. The molecule has 1 aliphatic heterocycles. The third-order valence-electron chi connectivity index (χ3n) is 4.40. The number of aromatic hydroxyl groups is 1. The van der Waals surface area contributed by atoms with Gasteiger partial charge in [0.1, 0.15) is 5.75 Å². The molecule has 3 rings (SSSR count). The molecule has 1 aromatic carbocycles. The Kier molecular flexibility index (Phi) is 6.10. The lowest BCUT2D eigenvalue weighted by molar-refractivity contribution is -0.116. The van der Waals surface area contributed by atoms with E-state index >= 15 is 0 Å². The van der Waals surface area contributed by atoms with Gasteiger partial charge in [0.25, 0.3) is 5.91 Å². The van der Waals surface area contributed by atoms with Gasteiger partial charge in [0.2, 0.25) is 5.91 Å². The molecule has 0 saturated carbocycles. The van der Waals surface area contributed by atoms with Crippen molar-refractivity contribution in [2.75, 3.05) is 10.6 Å². The van der Waals surface area contributed by atoms with Gasteiger partial charge in [-0.15, -0.1) is 0 Å². The minimum Gasteiger partial charge on any atom is -0.508 e. The average Bonchev–Trinajstić information content (AvgIpc) is 3.05.